The van der Waals surface area contributed by atoms with Crippen molar-refractivity contribution in [2.45, 2.75) is 32.9 Å². The van der Waals surface area contributed by atoms with Gasteiger partial charge in [0.05, 0.1) is 5.69 Å². The number of nitrogens with one attached hydrogen (secondary N) is 1. The maximum absolute atomic E-state index is 11.9. The van der Waals surface area contributed by atoms with Gasteiger partial charge in [-0.1, -0.05) is 0 Å². The Morgan fingerprint density at radius 1 is 1.40 bits per heavy atom. The van der Waals surface area contributed by atoms with Crippen LogP contribution in [0.4, 0.5) is 10.5 Å². The zero-order valence-corrected chi connectivity index (χ0v) is 13.5. The number of nitrogens with zero attached hydrogens (tertiary/aromatic N) is 1. The highest BCUT2D eigenvalue weighted by molar-refractivity contribution is 9.10. The largest absolute Gasteiger partial charge is 0.444 e. The number of carbonyl (C=O) groups is 2. The van der Waals surface area contributed by atoms with Gasteiger partial charge in [-0.05, 0) is 54.4 Å². The molecule has 0 saturated heterocycles. The van der Waals surface area contributed by atoms with Crippen molar-refractivity contribution in [1.82, 2.24) is 4.90 Å². The second-order valence-electron chi connectivity index (χ2n) is 5.78. The molecule has 20 heavy (non-hydrogen) atoms. The molecule has 0 fully saturated rings. The summed E-state index contributed by atoms with van der Waals surface area (Å²) < 4.78 is 5.92. The van der Waals surface area contributed by atoms with Crippen LogP contribution < -0.4 is 5.32 Å². The number of hydrogen-bond acceptors (Lipinski definition) is 3. The van der Waals surface area contributed by atoms with Gasteiger partial charge < -0.3 is 9.64 Å². The van der Waals surface area contributed by atoms with Gasteiger partial charge in [0.25, 0.3) is 5.91 Å². The summed E-state index contributed by atoms with van der Waals surface area (Å²) in [5.74, 6) is -0.0419. The van der Waals surface area contributed by atoms with E-state index in [4.69, 9.17) is 4.74 Å². The van der Waals surface area contributed by atoms with Gasteiger partial charge in [-0.3, -0.25) is 10.1 Å². The third kappa shape index (κ3) is 3.12. The fourth-order valence-electron chi connectivity index (χ4n) is 1.99. The third-order valence-corrected chi connectivity index (χ3v) is 3.47. The molecule has 108 valence electrons. The summed E-state index contributed by atoms with van der Waals surface area (Å²) in [5.41, 5.74) is 1.52. The fraction of sp³-hybridized carbons (Fsp3) is 0.429. The summed E-state index contributed by atoms with van der Waals surface area (Å²) in [6, 6.07) is 3.53. The van der Waals surface area contributed by atoms with Crippen molar-refractivity contribution in [2.75, 3.05) is 12.4 Å². The molecule has 1 aliphatic rings. The van der Waals surface area contributed by atoms with Crippen LogP contribution >= 0.6 is 15.9 Å². The first-order valence-electron chi connectivity index (χ1n) is 6.25. The van der Waals surface area contributed by atoms with Gasteiger partial charge in [0.1, 0.15) is 5.60 Å². The molecule has 1 heterocycles. The van der Waals surface area contributed by atoms with E-state index in [2.05, 4.69) is 21.2 Å². The van der Waals surface area contributed by atoms with Crippen molar-refractivity contribution in [1.29, 1.82) is 0 Å². The van der Waals surface area contributed by atoms with Crippen molar-refractivity contribution < 1.29 is 14.3 Å². The number of benzene rings is 1. The molecular formula is C14H17BrN2O3. The van der Waals surface area contributed by atoms with E-state index in [0.717, 1.165) is 10.0 Å². The molecular weight excluding hydrogens is 324 g/mol. The van der Waals surface area contributed by atoms with Gasteiger partial charge in [0.15, 0.2) is 0 Å². The Balaban J connectivity index is 2.22. The maximum atomic E-state index is 11.9. The molecule has 1 aromatic carbocycles. The predicted molar refractivity (Wildman–Crippen MR) is 79.8 cm³/mol. The standard InChI is InChI=1S/C14H17BrN2O3/c1-14(2,3)20-13(19)16-11-6-9-8(5-10(11)15)7-17(4)12(9)18/h5-6H,7H2,1-4H3,(H,16,19). The highest BCUT2D eigenvalue weighted by atomic mass is 79.9. The zero-order chi connectivity index (χ0) is 15.1. The lowest BCUT2D eigenvalue weighted by Gasteiger charge is -2.20. The number of halogens is 1. The number of anilines is 1. The Hall–Kier alpha value is -1.56. The van der Waals surface area contributed by atoms with Crippen LogP contribution in [0, 0.1) is 0 Å². The van der Waals surface area contributed by atoms with Gasteiger partial charge in [-0.2, -0.15) is 0 Å². The van der Waals surface area contributed by atoms with Crippen LogP contribution in [0.15, 0.2) is 16.6 Å². The van der Waals surface area contributed by atoms with Crippen molar-refractivity contribution >= 4 is 33.6 Å². The van der Waals surface area contributed by atoms with Gasteiger partial charge in [0, 0.05) is 23.6 Å². The van der Waals surface area contributed by atoms with E-state index in [1.165, 1.54) is 0 Å². The van der Waals surface area contributed by atoms with E-state index >= 15 is 0 Å². The van der Waals surface area contributed by atoms with Gasteiger partial charge >= 0.3 is 6.09 Å². The molecule has 2 rings (SSSR count). The molecule has 1 N–H and O–H groups in total. The monoisotopic (exact) mass is 340 g/mol. The van der Waals surface area contributed by atoms with Crippen LogP contribution in [-0.4, -0.2) is 29.5 Å². The summed E-state index contributed by atoms with van der Waals surface area (Å²) >= 11 is 3.40. The van der Waals surface area contributed by atoms with Crippen molar-refractivity contribution in [3.8, 4) is 0 Å². The second kappa shape index (κ2) is 5.09. The molecule has 0 aromatic heterocycles. The number of carbonyl (C=O) groups excluding carboxylic acids is 2. The van der Waals surface area contributed by atoms with Crippen LogP contribution in [0.25, 0.3) is 0 Å². The van der Waals surface area contributed by atoms with Crippen molar-refractivity contribution in [3.63, 3.8) is 0 Å². The molecule has 1 aliphatic heterocycles. The fourth-order valence-corrected chi connectivity index (χ4v) is 2.48. The van der Waals surface area contributed by atoms with Gasteiger partial charge in [-0.15, -0.1) is 0 Å². The van der Waals surface area contributed by atoms with E-state index < -0.39 is 11.7 Å². The predicted octanol–water partition coefficient (Wildman–Crippen LogP) is 3.38. The van der Waals surface area contributed by atoms with E-state index in [-0.39, 0.29) is 5.91 Å². The normalized spacial score (nSPS) is 14.2. The van der Waals surface area contributed by atoms with E-state index in [0.29, 0.717) is 17.8 Å². The number of rotatable bonds is 1. The molecule has 6 heteroatoms. The number of hydrogen-bond donors (Lipinski definition) is 1. The maximum Gasteiger partial charge on any atom is 0.412 e. The van der Waals surface area contributed by atoms with Crippen LogP contribution in [-0.2, 0) is 11.3 Å². The molecule has 0 atom stereocenters. The SMILES string of the molecule is CN1Cc2cc(Br)c(NC(=O)OC(C)(C)C)cc2C1=O. The Morgan fingerprint density at radius 3 is 2.65 bits per heavy atom. The Labute approximate surface area is 126 Å². The van der Waals surface area contributed by atoms with Crippen LogP contribution in [0.3, 0.4) is 0 Å². The summed E-state index contributed by atoms with van der Waals surface area (Å²) in [5, 5.41) is 2.65. The summed E-state index contributed by atoms with van der Waals surface area (Å²) in [6.07, 6.45) is -0.544. The molecule has 0 unspecified atom stereocenters. The first kappa shape index (κ1) is 14.8. The molecule has 2 amide bonds. The van der Waals surface area contributed by atoms with Crippen LogP contribution in [0.5, 0.6) is 0 Å². The Kier molecular flexibility index (Phi) is 3.77. The molecule has 0 radical (unpaired) electrons. The molecule has 1 aromatic rings. The highest BCUT2D eigenvalue weighted by Crippen LogP contribution is 2.31. The Bertz CT molecular complexity index is 579. The second-order valence-corrected chi connectivity index (χ2v) is 6.63. The van der Waals surface area contributed by atoms with Crippen molar-refractivity contribution in [3.05, 3.63) is 27.7 Å². The number of fused-ring (bicyclic) bond motifs is 1. The average Bonchev–Trinajstić information content (AvgIpc) is 2.53. The zero-order valence-electron chi connectivity index (χ0n) is 11.9. The smallest absolute Gasteiger partial charge is 0.412 e. The average molecular weight is 341 g/mol. The highest BCUT2D eigenvalue weighted by Gasteiger charge is 2.26. The molecule has 0 bridgehead atoms. The first-order chi connectivity index (χ1) is 9.17. The van der Waals surface area contributed by atoms with E-state index in [1.54, 1.807) is 38.8 Å². The topological polar surface area (TPSA) is 58.6 Å². The van der Waals surface area contributed by atoms with Gasteiger partial charge in [0.2, 0.25) is 0 Å². The summed E-state index contributed by atoms with van der Waals surface area (Å²) in [7, 11) is 1.75. The van der Waals surface area contributed by atoms with Gasteiger partial charge in [-0.25, -0.2) is 4.79 Å². The lowest BCUT2D eigenvalue weighted by Crippen LogP contribution is -2.27. The number of ether oxygens (including phenoxy) is 1. The molecule has 0 aliphatic carbocycles. The summed E-state index contributed by atoms with van der Waals surface area (Å²) in [4.78, 5) is 25.4. The molecule has 0 saturated carbocycles. The lowest BCUT2D eigenvalue weighted by atomic mass is 10.1. The lowest BCUT2D eigenvalue weighted by molar-refractivity contribution is 0.0635. The van der Waals surface area contributed by atoms with E-state index in [1.807, 2.05) is 6.07 Å². The minimum Gasteiger partial charge on any atom is -0.444 e. The minimum atomic E-state index is -0.566. The molecule has 0 spiro atoms. The first-order valence-corrected chi connectivity index (χ1v) is 7.04. The van der Waals surface area contributed by atoms with Crippen molar-refractivity contribution in [2.24, 2.45) is 0 Å². The Morgan fingerprint density at radius 2 is 2.05 bits per heavy atom. The third-order valence-electron chi connectivity index (χ3n) is 2.81. The number of amides is 2. The molecule has 5 nitrogen and oxygen atoms in total. The minimum absolute atomic E-state index is 0.0419. The van der Waals surface area contributed by atoms with E-state index in [9.17, 15) is 9.59 Å². The summed E-state index contributed by atoms with van der Waals surface area (Å²) in [6.45, 7) is 5.97. The van der Waals surface area contributed by atoms with Crippen LogP contribution in [0.2, 0.25) is 0 Å². The quantitative estimate of drug-likeness (QED) is 0.852. The van der Waals surface area contributed by atoms with Crippen LogP contribution in [0.1, 0.15) is 36.7 Å².